The second-order valence-electron chi connectivity index (χ2n) is 9.30. The van der Waals surface area contributed by atoms with Crippen molar-refractivity contribution in [3.63, 3.8) is 0 Å². The van der Waals surface area contributed by atoms with Crippen LogP contribution in [0.2, 0.25) is 0 Å². The maximum atomic E-state index is 12.9. The van der Waals surface area contributed by atoms with E-state index in [0.717, 1.165) is 30.0 Å². The molecule has 0 unspecified atom stereocenters. The predicted octanol–water partition coefficient (Wildman–Crippen LogP) is 7.55. The Morgan fingerprint density at radius 3 is 1.74 bits per heavy atom. The van der Waals surface area contributed by atoms with Crippen LogP contribution >= 0.6 is 0 Å². The average Bonchev–Trinajstić information content (AvgIpc) is 2.85. The maximum Gasteiger partial charge on any atom is 0.416 e. The first kappa shape index (κ1) is 27.9. The lowest BCUT2D eigenvalue weighted by atomic mass is 9.85. The van der Waals surface area contributed by atoms with Gasteiger partial charge < -0.3 is 10.2 Å². The Kier molecular flexibility index (Phi) is 7.59. The fraction of sp³-hybridized carbons (Fsp3) is 0.241. The molecule has 0 fully saturated rings. The lowest BCUT2D eigenvalue weighted by Gasteiger charge is -2.18. The molecule has 2 N–H and O–H groups in total. The standard InChI is InChI=1S/C19H12F6O2.C10H10O2/c20-18(21,22)13-6-10(7-14(9-13)19(23,24)25)5-12-2-1-11-8-15(26)3-4-16(11)17(12)27;11-8-4-5-9-7(6-8)2-1-3-10(9)12/h3-9,26H,1-2H2;4-6,11H,1-3H2/b12-5+;. The van der Waals surface area contributed by atoms with E-state index in [0.29, 0.717) is 30.5 Å². The average molecular weight is 548 g/mol. The minimum Gasteiger partial charge on any atom is -0.508 e. The molecule has 0 radical (unpaired) electrons. The van der Waals surface area contributed by atoms with Gasteiger partial charge in [0.15, 0.2) is 11.6 Å². The Morgan fingerprint density at radius 2 is 1.18 bits per heavy atom. The van der Waals surface area contributed by atoms with E-state index in [4.69, 9.17) is 5.11 Å². The van der Waals surface area contributed by atoms with Crippen molar-refractivity contribution in [1.82, 2.24) is 0 Å². The molecule has 39 heavy (non-hydrogen) atoms. The first-order chi connectivity index (χ1) is 18.2. The van der Waals surface area contributed by atoms with Crippen molar-refractivity contribution in [3.8, 4) is 11.5 Å². The van der Waals surface area contributed by atoms with Gasteiger partial charge in [0.2, 0.25) is 0 Å². The molecule has 0 saturated carbocycles. The summed E-state index contributed by atoms with van der Waals surface area (Å²) in [6.07, 6.45) is -5.88. The van der Waals surface area contributed by atoms with Crippen LogP contribution in [-0.2, 0) is 25.2 Å². The fourth-order valence-corrected chi connectivity index (χ4v) is 4.60. The molecular weight excluding hydrogens is 526 g/mol. The van der Waals surface area contributed by atoms with Crippen molar-refractivity contribution < 1.29 is 46.1 Å². The number of allylic oxidation sites excluding steroid dienone is 1. The predicted molar refractivity (Wildman–Crippen MR) is 131 cm³/mol. The van der Waals surface area contributed by atoms with Gasteiger partial charge in [-0.1, -0.05) is 0 Å². The van der Waals surface area contributed by atoms with E-state index in [-0.39, 0.29) is 46.5 Å². The Balaban J connectivity index is 0.000000243. The van der Waals surface area contributed by atoms with Gasteiger partial charge in [-0.25, -0.2) is 0 Å². The Bertz CT molecular complexity index is 1440. The molecule has 3 aromatic carbocycles. The summed E-state index contributed by atoms with van der Waals surface area (Å²) in [7, 11) is 0. The molecular formula is C29H22F6O4. The number of aryl methyl sites for hydroxylation is 2. The number of hydrogen-bond donors (Lipinski definition) is 2. The molecule has 0 saturated heterocycles. The SMILES string of the molecule is O=C1/C(=C/c2cc(C(F)(F)F)cc(C(F)(F)F)c2)CCc2cc(O)ccc21.O=C1CCCc2cc(O)ccc21. The van der Waals surface area contributed by atoms with E-state index < -0.39 is 29.3 Å². The smallest absolute Gasteiger partial charge is 0.416 e. The van der Waals surface area contributed by atoms with Gasteiger partial charge in [0.25, 0.3) is 0 Å². The van der Waals surface area contributed by atoms with E-state index in [2.05, 4.69) is 0 Å². The minimum absolute atomic E-state index is 0.0262. The second kappa shape index (κ2) is 10.6. The number of hydrogen-bond acceptors (Lipinski definition) is 4. The largest absolute Gasteiger partial charge is 0.508 e. The summed E-state index contributed by atoms with van der Waals surface area (Å²) in [5.41, 5.74) is -0.463. The number of aromatic hydroxyl groups is 2. The van der Waals surface area contributed by atoms with Crippen LogP contribution in [0.15, 0.2) is 60.2 Å². The Morgan fingerprint density at radius 1 is 0.641 bits per heavy atom. The summed E-state index contributed by atoms with van der Waals surface area (Å²) in [6.45, 7) is 0. The van der Waals surface area contributed by atoms with Crippen LogP contribution in [0.4, 0.5) is 26.3 Å². The molecule has 4 nitrogen and oxygen atoms in total. The molecule has 2 aliphatic rings. The highest BCUT2D eigenvalue weighted by Crippen LogP contribution is 2.37. The molecule has 0 bridgehead atoms. The zero-order valence-corrected chi connectivity index (χ0v) is 20.3. The number of rotatable bonds is 1. The van der Waals surface area contributed by atoms with Gasteiger partial charge >= 0.3 is 12.4 Å². The van der Waals surface area contributed by atoms with Crippen LogP contribution in [-0.4, -0.2) is 21.8 Å². The normalized spacial score (nSPS) is 16.3. The quantitative estimate of drug-likeness (QED) is 0.243. The number of ketones is 2. The maximum absolute atomic E-state index is 12.9. The highest BCUT2D eigenvalue weighted by Gasteiger charge is 2.37. The van der Waals surface area contributed by atoms with Gasteiger partial charge in [0.1, 0.15) is 11.5 Å². The van der Waals surface area contributed by atoms with Gasteiger partial charge in [0, 0.05) is 23.1 Å². The number of alkyl halides is 6. The number of halogens is 6. The second-order valence-corrected chi connectivity index (χ2v) is 9.30. The Labute approximate surface area is 219 Å². The molecule has 0 aliphatic heterocycles. The third-order valence-corrected chi connectivity index (χ3v) is 6.48. The number of phenolic OH excluding ortho intramolecular Hbond substituents is 2. The van der Waals surface area contributed by atoms with Crippen LogP contribution < -0.4 is 0 Å². The monoisotopic (exact) mass is 548 g/mol. The van der Waals surface area contributed by atoms with E-state index in [1.54, 1.807) is 18.2 Å². The molecule has 2 aliphatic carbocycles. The Hall–Kier alpha value is -4.08. The molecule has 0 atom stereocenters. The van der Waals surface area contributed by atoms with Crippen molar-refractivity contribution in [2.24, 2.45) is 0 Å². The molecule has 10 heteroatoms. The first-order valence-corrected chi connectivity index (χ1v) is 11.9. The van der Waals surface area contributed by atoms with Crippen LogP contribution in [0.3, 0.4) is 0 Å². The van der Waals surface area contributed by atoms with Crippen LogP contribution in [0, 0.1) is 0 Å². The molecule has 5 rings (SSSR count). The van der Waals surface area contributed by atoms with Gasteiger partial charge in [0.05, 0.1) is 11.1 Å². The van der Waals surface area contributed by atoms with Crippen molar-refractivity contribution in [2.45, 2.75) is 44.5 Å². The van der Waals surface area contributed by atoms with E-state index in [1.165, 1.54) is 18.2 Å². The molecule has 3 aromatic rings. The van der Waals surface area contributed by atoms with E-state index in [1.807, 2.05) is 0 Å². The number of benzene rings is 3. The minimum atomic E-state index is -4.95. The third kappa shape index (κ3) is 6.50. The van der Waals surface area contributed by atoms with Crippen molar-refractivity contribution in [3.05, 3.63) is 99.1 Å². The number of carbonyl (C=O) groups is 2. The van der Waals surface area contributed by atoms with E-state index >= 15 is 0 Å². The van der Waals surface area contributed by atoms with Gasteiger partial charge in [-0.2, -0.15) is 26.3 Å². The summed E-state index contributed by atoms with van der Waals surface area (Å²) in [5.74, 6) is -0.0522. The van der Waals surface area contributed by atoms with Crippen LogP contribution in [0.5, 0.6) is 11.5 Å². The van der Waals surface area contributed by atoms with Crippen molar-refractivity contribution in [2.75, 3.05) is 0 Å². The van der Waals surface area contributed by atoms with Gasteiger partial charge in [-0.3, -0.25) is 9.59 Å². The number of Topliss-reactive ketones (excluding diaryl/α,β-unsaturated/α-hetero) is 2. The number of fused-ring (bicyclic) bond motifs is 2. The zero-order valence-electron chi connectivity index (χ0n) is 20.3. The molecule has 0 amide bonds. The third-order valence-electron chi connectivity index (χ3n) is 6.48. The molecule has 0 spiro atoms. The molecule has 0 heterocycles. The summed E-state index contributed by atoms with van der Waals surface area (Å²) in [5, 5.41) is 18.6. The lowest BCUT2D eigenvalue weighted by Crippen LogP contribution is -2.14. The summed E-state index contributed by atoms with van der Waals surface area (Å²) >= 11 is 0. The first-order valence-electron chi connectivity index (χ1n) is 11.9. The van der Waals surface area contributed by atoms with Gasteiger partial charge in [-0.15, -0.1) is 0 Å². The summed E-state index contributed by atoms with van der Waals surface area (Å²) in [4.78, 5) is 23.8. The highest BCUT2D eigenvalue weighted by molar-refractivity contribution is 6.13. The molecule has 204 valence electrons. The zero-order chi connectivity index (χ0) is 28.5. The van der Waals surface area contributed by atoms with Crippen LogP contribution in [0.1, 0.15) is 67.8 Å². The van der Waals surface area contributed by atoms with Crippen LogP contribution in [0.25, 0.3) is 6.08 Å². The lowest BCUT2D eigenvalue weighted by molar-refractivity contribution is -0.143. The van der Waals surface area contributed by atoms with Crippen molar-refractivity contribution >= 4 is 17.6 Å². The fourth-order valence-electron chi connectivity index (χ4n) is 4.60. The number of phenols is 2. The van der Waals surface area contributed by atoms with Gasteiger partial charge in [-0.05, 0) is 103 Å². The molecule has 0 aromatic heterocycles. The summed E-state index contributed by atoms with van der Waals surface area (Å²) < 4.78 is 77.7. The van der Waals surface area contributed by atoms with E-state index in [9.17, 15) is 41.0 Å². The topological polar surface area (TPSA) is 74.6 Å². The van der Waals surface area contributed by atoms with Crippen molar-refractivity contribution in [1.29, 1.82) is 0 Å². The number of carbonyl (C=O) groups excluding carboxylic acids is 2. The summed E-state index contributed by atoms with van der Waals surface area (Å²) in [6, 6.07) is 10.3. The highest BCUT2D eigenvalue weighted by atomic mass is 19.4.